The molecule has 1 N–H and O–H groups in total. The van der Waals surface area contributed by atoms with E-state index in [0.29, 0.717) is 6.07 Å². The van der Waals surface area contributed by atoms with E-state index in [1.807, 2.05) is 0 Å². The van der Waals surface area contributed by atoms with Gasteiger partial charge in [-0.25, -0.2) is 13.2 Å². The number of ether oxygens (including phenoxy) is 1. The monoisotopic (exact) mass is 282 g/mol. The normalized spacial score (nSPS) is 12.3. The van der Waals surface area contributed by atoms with Crippen molar-refractivity contribution >= 4 is 0 Å². The topological polar surface area (TPSA) is 29.5 Å². The second kappa shape index (κ2) is 5.54. The minimum atomic E-state index is -1.51. The van der Waals surface area contributed by atoms with Gasteiger partial charge in [-0.3, -0.25) is 0 Å². The van der Waals surface area contributed by atoms with Crippen LogP contribution in [0.1, 0.15) is 22.8 Å². The Kier molecular flexibility index (Phi) is 3.99. The molecule has 0 saturated heterocycles. The third kappa shape index (κ3) is 2.63. The fraction of sp³-hybridized carbons (Fsp3) is 0.200. The van der Waals surface area contributed by atoms with E-state index in [1.54, 1.807) is 0 Å². The second-order valence-corrected chi connectivity index (χ2v) is 4.41. The van der Waals surface area contributed by atoms with Gasteiger partial charge in [-0.05, 0) is 30.7 Å². The maximum Gasteiger partial charge on any atom is 0.133 e. The summed E-state index contributed by atoms with van der Waals surface area (Å²) in [5.41, 5.74) is -0.0990. The standard InChI is InChI=1S/C15H13F3O2/c1-8-5-11(14(18)7-12(8)16)15(19)10-4-3-9(20-2)6-13(10)17/h3-7,15,19H,1-2H3. The average Bonchev–Trinajstić information content (AvgIpc) is 2.42. The quantitative estimate of drug-likeness (QED) is 0.933. The molecule has 1 unspecified atom stereocenters. The largest absolute Gasteiger partial charge is 0.497 e. The van der Waals surface area contributed by atoms with E-state index in [1.165, 1.54) is 32.2 Å². The van der Waals surface area contributed by atoms with Crippen LogP contribution in [0.4, 0.5) is 13.2 Å². The summed E-state index contributed by atoms with van der Waals surface area (Å²) in [6, 6.07) is 5.69. The number of aliphatic hydroxyl groups excluding tert-OH is 1. The minimum absolute atomic E-state index is 0.101. The molecule has 0 amide bonds. The van der Waals surface area contributed by atoms with Crippen molar-refractivity contribution in [1.29, 1.82) is 0 Å². The zero-order chi connectivity index (χ0) is 14.9. The van der Waals surface area contributed by atoms with E-state index in [0.717, 1.165) is 6.07 Å². The van der Waals surface area contributed by atoms with Gasteiger partial charge >= 0.3 is 0 Å². The number of rotatable bonds is 3. The van der Waals surface area contributed by atoms with Gasteiger partial charge in [0.25, 0.3) is 0 Å². The van der Waals surface area contributed by atoms with E-state index in [2.05, 4.69) is 0 Å². The van der Waals surface area contributed by atoms with Crippen molar-refractivity contribution in [1.82, 2.24) is 0 Å². The molecule has 2 aromatic rings. The Hall–Kier alpha value is -2.01. The maximum atomic E-state index is 13.8. The summed E-state index contributed by atoms with van der Waals surface area (Å²) in [5, 5.41) is 10.1. The van der Waals surface area contributed by atoms with E-state index < -0.39 is 23.6 Å². The molecule has 20 heavy (non-hydrogen) atoms. The van der Waals surface area contributed by atoms with Gasteiger partial charge < -0.3 is 9.84 Å². The summed E-state index contributed by atoms with van der Waals surface area (Å²) >= 11 is 0. The van der Waals surface area contributed by atoms with Crippen molar-refractivity contribution in [2.75, 3.05) is 7.11 Å². The molecular weight excluding hydrogens is 269 g/mol. The lowest BCUT2D eigenvalue weighted by Gasteiger charge is -2.15. The van der Waals surface area contributed by atoms with Crippen molar-refractivity contribution in [2.45, 2.75) is 13.0 Å². The Morgan fingerprint density at radius 1 is 0.950 bits per heavy atom. The number of hydrogen-bond acceptors (Lipinski definition) is 2. The Bertz CT molecular complexity index is 641. The highest BCUT2D eigenvalue weighted by atomic mass is 19.1. The molecular formula is C15H13F3O2. The summed E-state index contributed by atoms with van der Waals surface area (Å²) in [6.07, 6.45) is -1.51. The van der Waals surface area contributed by atoms with E-state index in [9.17, 15) is 18.3 Å². The van der Waals surface area contributed by atoms with Crippen molar-refractivity contribution < 1.29 is 23.0 Å². The van der Waals surface area contributed by atoms with Crippen LogP contribution in [0.3, 0.4) is 0 Å². The lowest BCUT2D eigenvalue weighted by Crippen LogP contribution is -2.06. The lowest BCUT2D eigenvalue weighted by molar-refractivity contribution is 0.209. The molecule has 106 valence electrons. The second-order valence-electron chi connectivity index (χ2n) is 4.41. The van der Waals surface area contributed by atoms with E-state index in [-0.39, 0.29) is 22.4 Å². The van der Waals surface area contributed by atoms with Crippen LogP contribution >= 0.6 is 0 Å². The van der Waals surface area contributed by atoms with Crippen LogP contribution < -0.4 is 4.74 Å². The molecule has 0 aliphatic rings. The van der Waals surface area contributed by atoms with Crippen LogP contribution in [0, 0.1) is 24.4 Å². The summed E-state index contributed by atoms with van der Waals surface area (Å²) < 4.78 is 45.6. The van der Waals surface area contributed by atoms with Crippen molar-refractivity contribution in [3.05, 3.63) is 64.5 Å². The summed E-state index contributed by atoms with van der Waals surface area (Å²) in [4.78, 5) is 0. The van der Waals surface area contributed by atoms with Gasteiger partial charge in [0.05, 0.1) is 7.11 Å². The highest BCUT2D eigenvalue weighted by Gasteiger charge is 2.20. The highest BCUT2D eigenvalue weighted by molar-refractivity contribution is 5.37. The van der Waals surface area contributed by atoms with Gasteiger partial charge in [0.2, 0.25) is 0 Å². The smallest absolute Gasteiger partial charge is 0.133 e. The third-order valence-corrected chi connectivity index (χ3v) is 3.07. The van der Waals surface area contributed by atoms with Crippen LogP contribution in [0.15, 0.2) is 30.3 Å². The molecule has 0 saturated carbocycles. The Morgan fingerprint density at radius 3 is 2.20 bits per heavy atom. The maximum absolute atomic E-state index is 13.8. The zero-order valence-corrected chi connectivity index (χ0v) is 11.0. The molecule has 0 aliphatic heterocycles. The number of benzene rings is 2. The number of aryl methyl sites for hydroxylation is 1. The van der Waals surface area contributed by atoms with Crippen molar-refractivity contribution in [3.63, 3.8) is 0 Å². The highest BCUT2D eigenvalue weighted by Crippen LogP contribution is 2.29. The first kappa shape index (κ1) is 14.4. The van der Waals surface area contributed by atoms with Gasteiger partial charge in [0.1, 0.15) is 29.3 Å². The molecule has 2 nitrogen and oxygen atoms in total. The Balaban J connectivity index is 2.46. The zero-order valence-electron chi connectivity index (χ0n) is 11.0. The molecule has 2 aromatic carbocycles. The third-order valence-electron chi connectivity index (χ3n) is 3.07. The first-order chi connectivity index (χ1) is 9.43. The van der Waals surface area contributed by atoms with Crippen LogP contribution in [0.2, 0.25) is 0 Å². The molecule has 0 aromatic heterocycles. The molecule has 5 heteroatoms. The van der Waals surface area contributed by atoms with Gasteiger partial charge in [0, 0.05) is 23.3 Å². The van der Waals surface area contributed by atoms with Gasteiger partial charge in [-0.2, -0.15) is 0 Å². The van der Waals surface area contributed by atoms with Gasteiger partial charge in [0.15, 0.2) is 0 Å². The number of hydrogen-bond donors (Lipinski definition) is 1. The van der Waals surface area contributed by atoms with Crippen LogP contribution in [-0.4, -0.2) is 12.2 Å². The molecule has 0 aliphatic carbocycles. The summed E-state index contributed by atoms with van der Waals surface area (Å²) in [7, 11) is 1.38. The number of halogens is 3. The van der Waals surface area contributed by atoms with Gasteiger partial charge in [-0.1, -0.05) is 0 Å². The molecule has 0 spiro atoms. The lowest BCUT2D eigenvalue weighted by atomic mass is 9.98. The predicted molar refractivity (Wildman–Crippen MR) is 68.1 cm³/mol. The van der Waals surface area contributed by atoms with Crippen molar-refractivity contribution in [2.24, 2.45) is 0 Å². The first-order valence-corrected chi connectivity index (χ1v) is 5.91. The minimum Gasteiger partial charge on any atom is -0.497 e. The van der Waals surface area contributed by atoms with Crippen LogP contribution in [0.25, 0.3) is 0 Å². The van der Waals surface area contributed by atoms with Gasteiger partial charge in [-0.15, -0.1) is 0 Å². The molecule has 0 bridgehead atoms. The fourth-order valence-electron chi connectivity index (χ4n) is 1.91. The number of methoxy groups -OCH3 is 1. The van der Waals surface area contributed by atoms with E-state index >= 15 is 0 Å². The van der Waals surface area contributed by atoms with Crippen LogP contribution in [-0.2, 0) is 0 Å². The Labute approximate surface area is 114 Å². The van der Waals surface area contributed by atoms with E-state index in [4.69, 9.17) is 4.74 Å². The molecule has 0 radical (unpaired) electrons. The van der Waals surface area contributed by atoms with Crippen molar-refractivity contribution in [3.8, 4) is 5.75 Å². The van der Waals surface area contributed by atoms with Crippen LogP contribution in [0.5, 0.6) is 5.75 Å². The average molecular weight is 282 g/mol. The fourth-order valence-corrected chi connectivity index (χ4v) is 1.91. The molecule has 1 atom stereocenters. The Morgan fingerprint density at radius 2 is 1.60 bits per heavy atom. The molecule has 0 fully saturated rings. The molecule has 2 rings (SSSR count). The SMILES string of the molecule is COc1ccc(C(O)c2cc(C)c(F)cc2F)c(F)c1. The first-order valence-electron chi connectivity index (χ1n) is 5.91. The summed E-state index contributed by atoms with van der Waals surface area (Å²) in [5.74, 6) is -2.07. The summed E-state index contributed by atoms with van der Waals surface area (Å²) in [6.45, 7) is 1.44. The predicted octanol–water partition coefficient (Wildman–Crippen LogP) is 3.50. The molecule has 0 heterocycles. The number of aliphatic hydroxyl groups is 1.